The Hall–Kier alpha value is -1.29. The first-order valence-electron chi connectivity index (χ1n) is 5.94. The van der Waals surface area contributed by atoms with Gasteiger partial charge in [-0.1, -0.05) is 0 Å². The first-order chi connectivity index (χ1) is 8.06. The van der Waals surface area contributed by atoms with E-state index in [1.807, 2.05) is 11.9 Å². The molecule has 0 fully saturated rings. The minimum absolute atomic E-state index is 0.238. The second-order valence-corrected chi connectivity index (χ2v) is 4.37. The molecule has 0 bridgehead atoms. The fourth-order valence-electron chi connectivity index (χ4n) is 1.77. The summed E-state index contributed by atoms with van der Waals surface area (Å²) in [6.07, 6.45) is 2.81. The largest absolute Gasteiger partial charge is 0.397 e. The number of hydrogen-bond donors (Lipinski definition) is 2. The molecule has 0 aliphatic heterocycles. The van der Waals surface area contributed by atoms with Gasteiger partial charge in [-0.15, -0.1) is 0 Å². The van der Waals surface area contributed by atoms with Crippen LogP contribution in [0.3, 0.4) is 0 Å². The highest BCUT2D eigenvalue weighted by Gasteiger charge is 2.08. The molecule has 0 aromatic heterocycles. The summed E-state index contributed by atoms with van der Waals surface area (Å²) in [5.41, 5.74) is 7.75. The van der Waals surface area contributed by atoms with Gasteiger partial charge in [-0.2, -0.15) is 0 Å². The van der Waals surface area contributed by atoms with Crippen molar-refractivity contribution in [3.05, 3.63) is 23.5 Å². The van der Waals surface area contributed by atoms with Gasteiger partial charge in [0.25, 0.3) is 0 Å². The van der Waals surface area contributed by atoms with Gasteiger partial charge in [-0.25, -0.2) is 4.39 Å². The van der Waals surface area contributed by atoms with Crippen LogP contribution in [0.4, 0.5) is 15.8 Å². The molecule has 0 saturated heterocycles. The van der Waals surface area contributed by atoms with Crippen molar-refractivity contribution in [3.63, 3.8) is 0 Å². The fraction of sp³-hybridized carbons (Fsp3) is 0.538. The standard InChI is InChI=1S/C13H21FN2O/c1-10-8-13(12(15)9-11(10)14)16(2)6-4-3-5-7-17/h8-9,17H,3-7,15H2,1-2H3. The first-order valence-corrected chi connectivity index (χ1v) is 5.94. The van der Waals surface area contributed by atoms with E-state index in [1.165, 1.54) is 6.07 Å². The Morgan fingerprint density at radius 2 is 2.00 bits per heavy atom. The number of benzene rings is 1. The quantitative estimate of drug-likeness (QED) is 0.592. The molecule has 0 amide bonds. The summed E-state index contributed by atoms with van der Waals surface area (Å²) in [5.74, 6) is -0.264. The molecule has 0 saturated carbocycles. The molecular formula is C13H21FN2O. The van der Waals surface area contributed by atoms with Crippen molar-refractivity contribution < 1.29 is 9.50 Å². The molecule has 1 aromatic rings. The third kappa shape index (κ3) is 3.89. The van der Waals surface area contributed by atoms with Crippen LogP contribution >= 0.6 is 0 Å². The van der Waals surface area contributed by atoms with Gasteiger partial charge < -0.3 is 15.7 Å². The smallest absolute Gasteiger partial charge is 0.128 e. The van der Waals surface area contributed by atoms with Crippen molar-refractivity contribution in [3.8, 4) is 0 Å². The SMILES string of the molecule is Cc1cc(N(C)CCCCCO)c(N)cc1F. The van der Waals surface area contributed by atoms with E-state index in [4.69, 9.17) is 10.8 Å². The molecule has 1 rings (SSSR count). The van der Waals surface area contributed by atoms with Crippen LogP contribution in [-0.2, 0) is 0 Å². The van der Waals surface area contributed by atoms with Crippen molar-refractivity contribution in [2.45, 2.75) is 26.2 Å². The van der Waals surface area contributed by atoms with E-state index in [0.717, 1.165) is 31.5 Å². The zero-order valence-corrected chi connectivity index (χ0v) is 10.5. The molecule has 17 heavy (non-hydrogen) atoms. The van der Waals surface area contributed by atoms with E-state index >= 15 is 0 Å². The lowest BCUT2D eigenvalue weighted by atomic mass is 10.1. The lowest BCUT2D eigenvalue weighted by molar-refractivity contribution is 0.283. The van der Waals surface area contributed by atoms with Crippen molar-refractivity contribution in [2.24, 2.45) is 0 Å². The van der Waals surface area contributed by atoms with Gasteiger partial charge in [0, 0.05) is 20.2 Å². The molecule has 0 heterocycles. The topological polar surface area (TPSA) is 49.5 Å². The van der Waals surface area contributed by atoms with Crippen molar-refractivity contribution in [2.75, 3.05) is 30.8 Å². The van der Waals surface area contributed by atoms with E-state index in [1.54, 1.807) is 13.0 Å². The van der Waals surface area contributed by atoms with Crippen LogP contribution in [-0.4, -0.2) is 25.3 Å². The summed E-state index contributed by atoms with van der Waals surface area (Å²) in [6.45, 7) is 2.83. The second kappa shape index (κ2) is 6.45. The number of nitrogens with zero attached hydrogens (tertiary/aromatic N) is 1. The van der Waals surface area contributed by atoms with E-state index < -0.39 is 0 Å². The molecule has 0 aliphatic carbocycles. The van der Waals surface area contributed by atoms with Crippen LogP contribution in [0.2, 0.25) is 0 Å². The highest BCUT2D eigenvalue weighted by atomic mass is 19.1. The maximum atomic E-state index is 13.2. The van der Waals surface area contributed by atoms with E-state index in [9.17, 15) is 4.39 Å². The second-order valence-electron chi connectivity index (χ2n) is 4.37. The summed E-state index contributed by atoms with van der Waals surface area (Å²) in [7, 11) is 1.95. The summed E-state index contributed by atoms with van der Waals surface area (Å²) in [6, 6.07) is 3.14. The minimum atomic E-state index is -0.264. The van der Waals surface area contributed by atoms with Gasteiger partial charge in [0.2, 0.25) is 0 Å². The van der Waals surface area contributed by atoms with Crippen molar-refractivity contribution in [1.82, 2.24) is 0 Å². The van der Waals surface area contributed by atoms with Crippen LogP contribution in [0.5, 0.6) is 0 Å². The number of unbranched alkanes of at least 4 members (excludes halogenated alkanes) is 2. The minimum Gasteiger partial charge on any atom is -0.397 e. The lowest BCUT2D eigenvalue weighted by Gasteiger charge is -2.21. The number of anilines is 2. The highest BCUT2D eigenvalue weighted by Crippen LogP contribution is 2.25. The molecule has 0 unspecified atom stereocenters. The van der Waals surface area contributed by atoms with Crippen molar-refractivity contribution >= 4 is 11.4 Å². The number of nitrogen functional groups attached to an aromatic ring is 1. The predicted molar refractivity (Wildman–Crippen MR) is 69.8 cm³/mol. The molecule has 1 aromatic carbocycles. The van der Waals surface area contributed by atoms with Crippen LogP contribution in [0, 0.1) is 12.7 Å². The molecule has 0 atom stereocenters. The molecule has 3 N–H and O–H groups in total. The number of nitrogens with two attached hydrogens (primary N) is 1. The molecule has 0 spiro atoms. The van der Waals surface area contributed by atoms with Gasteiger partial charge in [0.1, 0.15) is 5.82 Å². The Labute approximate surface area is 102 Å². The molecule has 4 heteroatoms. The number of aliphatic hydroxyl groups is 1. The Bertz CT molecular complexity index is 369. The van der Waals surface area contributed by atoms with Crippen molar-refractivity contribution in [1.29, 1.82) is 0 Å². The monoisotopic (exact) mass is 240 g/mol. The Kier molecular flexibility index (Phi) is 5.22. The number of rotatable bonds is 6. The van der Waals surface area contributed by atoms with Gasteiger partial charge in [-0.3, -0.25) is 0 Å². The summed E-state index contributed by atoms with van der Waals surface area (Å²) >= 11 is 0. The molecule has 3 nitrogen and oxygen atoms in total. The zero-order valence-electron chi connectivity index (χ0n) is 10.5. The molecular weight excluding hydrogens is 219 g/mol. The summed E-state index contributed by atoms with van der Waals surface area (Å²) < 4.78 is 13.2. The van der Waals surface area contributed by atoms with Gasteiger partial charge >= 0.3 is 0 Å². The third-order valence-corrected chi connectivity index (χ3v) is 2.87. The fourth-order valence-corrected chi connectivity index (χ4v) is 1.77. The molecule has 0 aliphatic rings. The van der Waals surface area contributed by atoms with Crippen LogP contribution in [0.15, 0.2) is 12.1 Å². The number of aliphatic hydroxyl groups excluding tert-OH is 1. The Balaban J connectivity index is 2.62. The highest BCUT2D eigenvalue weighted by molar-refractivity contribution is 5.68. The third-order valence-electron chi connectivity index (χ3n) is 2.87. The average Bonchev–Trinajstić information content (AvgIpc) is 2.29. The predicted octanol–water partition coefficient (Wildman–Crippen LogP) is 2.32. The molecule has 96 valence electrons. The van der Waals surface area contributed by atoms with Crippen LogP contribution in [0.1, 0.15) is 24.8 Å². The average molecular weight is 240 g/mol. The zero-order chi connectivity index (χ0) is 12.8. The summed E-state index contributed by atoms with van der Waals surface area (Å²) in [5, 5.41) is 8.68. The normalized spacial score (nSPS) is 10.6. The van der Waals surface area contributed by atoms with Gasteiger partial charge in [0.15, 0.2) is 0 Å². The van der Waals surface area contributed by atoms with Gasteiger partial charge in [0.05, 0.1) is 11.4 Å². The first kappa shape index (κ1) is 13.8. The number of halogens is 1. The lowest BCUT2D eigenvalue weighted by Crippen LogP contribution is -2.20. The van der Waals surface area contributed by atoms with Crippen LogP contribution in [0.25, 0.3) is 0 Å². The Morgan fingerprint density at radius 1 is 1.29 bits per heavy atom. The molecule has 0 radical (unpaired) electrons. The number of aryl methyl sites for hydroxylation is 1. The van der Waals surface area contributed by atoms with E-state index in [-0.39, 0.29) is 12.4 Å². The maximum Gasteiger partial charge on any atom is 0.128 e. The van der Waals surface area contributed by atoms with E-state index in [2.05, 4.69) is 0 Å². The van der Waals surface area contributed by atoms with Gasteiger partial charge in [-0.05, 0) is 43.9 Å². The Morgan fingerprint density at radius 3 is 2.65 bits per heavy atom. The van der Waals surface area contributed by atoms with Crippen LogP contribution < -0.4 is 10.6 Å². The summed E-state index contributed by atoms with van der Waals surface area (Å²) in [4.78, 5) is 2.03. The number of hydrogen-bond acceptors (Lipinski definition) is 3. The maximum absolute atomic E-state index is 13.2. The van der Waals surface area contributed by atoms with E-state index in [0.29, 0.717) is 11.3 Å².